The second-order valence-electron chi connectivity index (χ2n) is 11.0. The summed E-state index contributed by atoms with van der Waals surface area (Å²) >= 11 is 0. The first kappa shape index (κ1) is 32.7. The van der Waals surface area contributed by atoms with Gasteiger partial charge < -0.3 is 35.6 Å². The summed E-state index contributed by atoms with van der Waals surface area (Å²) in [7, 11) is 1.35. The molecule has 1 aliphatic heterocycles. The predicted octanol–water partition coefficient (Wildman–Crippen LogP) is 3.22. The van der Waals surface area contributed by atoms with Crippen LogP contribution in [0.1, 0.15) is 63.4 Å². The molecule has 11 heteroatoms. The standard InChI is InChI=1S/C31H42FN5O5/c1-6-41-28(38)17-26(21-10-12-27(40-5)24(32)16-21)37-30(39)23(25(33)19-42-31(2,3)4)18-34-15-13-22-11-9-20-8-7-14-35-29(20)36-22/h9-12,16,18,26,33-34H,6-8,13-15,17,19H2,1-5H3,(H,35,36)(H,37,39)/p+1. The van der Waals surface area contributed by atoms with E-state index in [1.807, 2.05) is 32.2 Å². The monoisotopic (exact) mass is 584 g/mol. The zero-order valence-corrected chi connectivity index (χ0v) is 25.1. The number of aryl methyl sites for hydroxylation is 1. The minimum absolute atomic E-state index is 0.0226. The number of anilines is 1. The minimum atomic E-state index is -0.899. The summed E-state index contributed by atoms with van der Waals surface area (Å²) in [4.78, 5) is 30.7. The van der Waals surface area contributed by atoms with Crippen LogP contribution in [0.3, 0.4) is 0 Å². The van der Waals surface area contributed by atoms with Crippen LogP contribution >= 0.6 is 0 Å². The average molecular weight is 585 g/mol. The molecule has 0 saturated heterocycles. The summed E-state index contributed by atoms with van der Waals surface area (Å²) in [6.07, 6.45) is 4.14. The van der Waals surface area contributed by atoms with Crippen molar-refractivity contribution in [3.8, 4) is 5.75 Å². The number of fused-ring (bicyclic) bond motifs is 1. The number of aromatic nitrogens is 1. The van der Waals surface area contributed by atoms with E-state index >= 15 is 0 Å². The lowest BCUT2D eigenvalue weighted by atomic mass is 10.0. The number of esters is 1. The third kappa shape index (κ3) is 9.92. The molecule has 2 aromatic rings. The Morgan fingerprint density at radius 2 is 2.05 bits per heavy atom. The van der Waals surface area contributed by atoms with E-state index < -0.39 is 29.3 Å². The van der Waals surface area contributed by atoms with Crippen molar-refractivity contribution in [2.75, 3.05) is 38.7 Å². The first-order chi connectivity index (χ1) is 20.0. The molecule has 42 heavy (non-hydrogen) atoms. The molecule has 3 rings (SSSR count). The first-order valence-corrected chi connectivity index (χ1v) is 14.3. The number of methoxy groups -OCH3 is 1. The van der Waals surface area contributed by atoms with Crippen molar-refractivity contribution in [3.63, 3.8) is 0 Å². The number of pyridine rings is 1. The highest BCUT2D eigenvalue weighted by Crippen LogP contribution is 2.25. The van der Waals surface area contributed by atoms with E-state index in [1.54, 1.807) is 19.2 Å². The van der Waals surface area contributed by atoms with Crippen LogP contribution in [-0.4, -0.2) is 61.6 Å². The predicted molar refractivity (Wildman–Crippen MR) is 158 cm³/mol. The molecular weight excluding hydrogens is 541 g/mol. The molecule has 0 saturated carbocycles. The van der Waals surface area contributed by atoms with Gasteiger partial charge in [0, 0.05) is 18.7 Å². The molecule has 0 radical (unpaired) electrons. The number of nitrogens with two attached hydrogens (primary N) is 1. The van der Waals surface area contributed by atoms with Crippen LogP contribution in [0, 0.1) is 11.2 Å². The van der Waals surface area contributed by atoms with Crippen LogP contribution in [0.4, 0.5) is 10.2 Å². The van der Waals surface area contributed by atoms with Gasteiger partial charge in [0.2, 0.25) is 0 Å². The summed E-state index contributed by atoms with van der Waals surface area (Å²) in [5.41, 5.74) is 2.06. The molecule has 0 spiro atoms. The van der Waals surface area contributed by atoms with E-state index in [0.717, 1.165) is 30.9 Å². The molecular formula is C31H43FN5O5+. The molecule has 0 fully saturated rings. The number of hydrogen-bond donors (Lipinski definition) is 4. The zero-order valence-electron chi connectivity index (χ0n) is 25.1. The second-order valence-corrected chi connectivity index (χ2v) is 11.0. The number of carbonyl (C=O) groups excluding carboxylic acids is 2. The summed E-state index contributed by atoms with van der Waals surface area (Å²) < 4.78 is 30.4. The van der Waals surface area contributed by atoms with Crippen molar-refractivity contribution in [3.05, 3.63) is 64.7 Å². The van der Waals surface area contributed by atoms with Gasteiger partial charge in [0.25, 0.3) is 5.91 Å². The zero-order chi connectivity index (χ0) is 30.7. The highest BCUT2D eigenvalue weighted by molar-refractivity contribution is 6.20. The Morgan fingerprint density at radius 1 is 1.26 bits per heavy atom. The maximum Gasteiger partial charge on any atom is 0.308 e. The van der Waals surface area contributed by atoms with Gasteiger partial charge in [0.1, 0.15) is 17.6 Å². The topological polar surface area (TPSA) is 139 Å². The van der Waals surface area contributed by atoms with Gasteiger partial charge >= 0.3 is 5.97 Å². The van der Waals surface area contributed by atoms with Gasteiger partial charge in [-0.15, -0.1) is 0 Å². The largest absolute Gasteiger partial charge is 0.494 e. The number of benzene rings is 1. The van der Waals surface area contributed by atoms with Crippen molar-refractivity contribution < 1.29 is 33.5 Å². The van der Waals surface area contributed by atoms with E-state index in [1.165, 1.54) is 24.8 Å². The number of amides is 1. The number of ether oxygens (including phenoxy) is 3. The number of nitrogens with one attached hydrogen (secondary N) is 3. The van der Waals surface area contributed by atoms with Gasteiger partial charge in [-0.3, -0.25) is 9.59 Å². The highest BCUT2D eigenvalue weighted by Gasteiger charge is 2.26. The van der Waals surface area contributed by atoms with Gasteiger partial charge in [-0.25, -0.2) is 9.37 Å². The Balaban J connectivity index is 1.78. The molecule has 1 atom stereocenters. The number of halogens is 1. The molecule has 2 heterocycles. The summed E-state index contributed by atoms with van der Waals surface area (Å²) in [5.74, 6) is -0.789. The van der Waals surface area contributed by atoms with Crippen molar-refractivity contribution in [1.82, 2.24) is 10.3 Å². The van der Waals surface area contributed by atoms with E-state index in [-0.39, 0.29) is 36.7 Å². The normalized spacial score (nSPS) is 13.9. The highest BCUT2D eigenvalue weighted by atomic mass is 19.1. The Hall–Kier alpha value is -3.83. The smallest absolute Gasteiger partial charge is 0.308 e. The first-order valence-electron chi connectivity index (χ1n) is 14.3. The number of hydrogen-bond acceptors (Lipinski definition) is 8. The Bertz CT molecular complexity index is 1290. The fourth-order valence-electron chi connectivity index (χ4n) is 4.39. The number of rotatable bonds is 14. The van der Waals surface area contributed by atoms with Crippen LogP contribution in [0.5, 0.6) is 5.75 Å². The van der Waals surface area contributed by atoms with Crippen LogP contribution in [0.25, 0.3) is 0 Å². The SMILES string of the molecule is CCOC(=O)CC(NC(=O)C(=C[NH2+]CCc1ccc2c(n1)NCCC2)C(=N)COC(C)(C)C)c1ccc(OC)c(F)c1. The molecule has 1 aromatic heterocycles. The summed E-state index contributed by atoms with van der Waals surface area (Å²) in [6, 6.07) is 7.45. The van der Waals surface area contributed by atoms with Crippen LogP contribution in [0.15, 0.2) is 42.1 Å². The van der Waals surface area contributed by atoms with Crippen molar-refractivity contribution in [1.29, 1.82) is 5.41 Å². The Labute approximate surface area is 246 Å². The van der Waals surface area contributed by atoms with Gasteiger partial charge in [0.15, 0.2) is 11.6 Å². The number of carbonyl (C=O) groups is 2. The molecule has 1 unspecified atom stereocenters. The number of nitrogens with zero attached hydrogens (tertiary/aromatic N) is 1. The van der Waals surface area contributed by atoms with E-state index in [9.17, 15) is 14.0 Å². The van der Waals surface area contributed by atoms with Gasteiger partial charge in [-0.05, 0) is 69.9 Å². The van der Waals surface area contributed by atoms with Gasteiger partial charge in [0.05, 0.1) is 50.6 Å². The van der Waals surface area contributed by atoms with Crippen molar-refractivity contribution in [2.24, 2.45) is 0 Å². The van der Waals surface area contributed by atoms with Crippen LogP contribution in [-0.2, 0) is 31.9 Å². The average Bonchev–Trinajstić information content (AvgIpc) is 2.95. The third-order valence-corrected chi connectivity index (χ3v) is 6.58. The van der Waals surface area contributed by atoms with Crippen molar-refractivity contribution in [2.45, 2.75) is 65.0 Å². The molecule has 0 bridgehead atoms. The maximum atomic E-state index is 14.5. The molecule has 228 valence electrons. The lowest BCUT2D eigenvalue weighted by molar-refractivity contribution is -0.587. The van der Waals surface area contributed by atoms with Crippen LogP contribution in [0.2, 0.25) is 0 Å². The molecule has 1 amide bonds. The quantitative estimate of drug-likeness (QED) is 0.116. The minimum Gasteiger partial charge on any atom is -0.494 e. The fraction of sp³-hybridized carbons (Fsp3) is 0.484. The Kier molecular flexibility index (Phi) is 12.0. The third-order valence-electron chi connectivity index (χ3n) is 6.58. The molecule has 5 N–H and O–H groups in total. The van der Waals surface area contributed by atoms with Gasteiger partial charge in [-0.1, -0.05) is 12.1 Å². The van der Waals surface area contributed by atoms with Crippen LogP contribution < -0.4 is 20.7 Å². The maximum absolute atomic E-state index is 14.5. The van der Waals surface area contributed by atoms with E-state index in [2.05, 4.69) is 16.7 Å². The summed E-state index contributed by atoms with van der Waals surface area (Å²) in [5, 5.41) is 16.6. The lowest BCUT2D eigenvalue weighted by Crippen LogP contribution is -2.79. The van der Waals surface area contributed by atoms with E-state index in [4.69, 9.17) is 24.6 Å². The fourth-order valence-corrected chi connectivity index (χ4v) is 4.39. The second kappa shape index (κ2) is 15.4. The van der Waals surface area contributed by atoms with Crippen molar-refractivity contribution >= 4 is 23.4 Å². The van der Waals surface area contributed by atoms with E-state index in [0.29, 0.717) is 18.5 Å². The lowest BCUT2D eigenvalue weighted by Gasteiger charge is -2.22. The number of quaternary nitrogens is 1. The molecule has 1 aliphatic rings. The molecule has 0 aliphatic carbocycles. The Morgan fingerprint density at radius 3 is 2.74 bits per heavy atom. The molecule has 1 aromatic carbocycles. The molecule has 10 nitrogen and oxygen atoms in total. The summed E-state index contributed by atoms with van der Waals surface area (Å²) in [6.45, 7) is 8.86. The van der Waals surface area contributed by atoms with Gasteiger partial charge in [-0.2, -0.15) is 0 Å².